The van der Waals surface area contributed by atoms with Crippen molar-refractivity contribution in [2.75, 3.05) is 0 Å². The highest BCUT2D eigenvalue weighted by molar-refractivity contribution is 6.27. The third kappa shape index (κ3) is 4.08. The molecule has 0 aliphatic rings. The molecule has 10 aromatic carbocycles. The van der Waals surface area contributed by atoms with E-state index in [2.05, 4.69) is 198 Å². The lowest BCUT2D eigenvalue weighted by molar-refractivity contribution is 0.673. The number of benzene rings is 10. The summed E-state index contributed by atoms with van der Waals surface area (Å²) in [5.74, 6) is 0. The van der Waals surface area contributed by atoms with Crippen molar-refractivity contribution in [1.82, 2.24) is 8.97 Å². The van der Waals surface area contributed by atoms with Gasteiger partial charge in [0.15, 0.2) is 0 Å². The maximum absolute atomic E-state index is 6.60. The lowest BCUT2D eigenvalue weighted by Crippen LogP contribution is -2.14. The van der Waals surface area contributed by atoms with E-state index in [0.29, 0.717) is 0 Å². The highest BCUT2D eigenvalue weighted by atomic mass is 16.3. The standard InChI is InChI=1S/C57H34N2O/c1-2-50-41-15-6-5-14-38(41)43-18-11-19-44-49-31-34(23-28-52(49)59(50)56(43)44)33-22-25-39-40-26-24-35(32-48(40)37-13-4-3-12-36(37)47(39)30-33)58-51-20-9-7-17-46(51)55-53(58)29-27-45-42-16-8-10-21-54(42)60-57(45)55/h2-32H,1H3/b50-2+. The Kier molecular flexibility index (Phi) is 6.22. The zero-order valence-corrected chi connectivity index (χ0v) is 32.7. The van der Waals surface area contributed by atoms with Crippen molar-refractivity contribution in [3.63, 3.8) is 0 Å². The molecule has 278 valence electrons. The predicted octanol–water partition coefficient (Wildman–Crippen LogP) is 15.0. The lowest BCUT2D eigenvalue weighted by Gasteiger charge is -2.15. The summed E-state index contributed by atoms with van der Waals surface area (Å²) in [7, 11) is 0. The second-order valence-electron chi connectivity index (χ2n) is 16.3. The molecule has 0 unspecified atom stereocenters. The summed E-state index contributed by atoms with van der Waals surface area (Å²) in [5, 5.41) is 19.8. The number of pyridine rings is 1. The van der Waals surface area contributed by atoms with Crippen molar-refractivity contribution in [3.8, 4) is 16.8 Å². The third-order valence-electron chi connectivity index (χ3n) is 13.4. The summed E-state index contributed by atoms with van der Waals surface area (Å²) in [4.78, 5) is 0. The molecule has 0 saturated heterocycles. The smallest absolute Gasteiger partial charge is 0.145 e. The molecule has 0 aliphatic carbocycles. The molecule has 0 fully saturated rings. The molecule has 4 heterocycles. The van der Waals surface area contributed by atoms with Gasteiger partial charge in [-0.05, 0) is 110 Å². The normalized spacial score (nSPS) is 12.8. The molecule has 0 saturated carbocycles. The average Bonchev–Trinajstić information content (AvgIpc) is 3.97. The zero-order chi connectivity index (χ0) is 39.2. The number of hydrogen-bond donors (Lipinski definition) is 0. The quantitative estimate of drug-likeness (QED) is 0.161. The molecular formula is C57H34N2O. The minimum Gasteiger partial charge on any atom is -0.455 e. The number of para-hydroxylation sites is 3. The van der Waals surface area contributed by atoms with Crippen LogP contribution in [0.5, 0.6) is 0 Å². The minimum atomic E-state index is 0.917. The third-order valence-corrected chi connectivity index (χ3v) is 13.4. The molecule has 0 amide bonds. The predicted molar refractivity (Wildman–Crippen MR) is 255 cm³/mol. The molecule has 0 bridgehead atoms. The highest BCUT2D eigenvalue weighted by Crippen LogP contribution is 2.43. The molecule has 4 aromatic heterocycles. The van der Waals surface area contributed by atoms with E-state index < -0.39 is 0 Å². The Bertz CT molecular complexity index is 4230. The van der Waals surface area contributed by atoms with Crippen molar-refractivity contribution < 1.29 is 4.42 Å². The van der Waals surface area contributed by atoms with Gasteiger partial charge < -0.3 is 13.4 Å². The number of fused-ring (bicyclic) bond motifs is 18. The maximum atomic E-state index is 6.60. The van der Waals surface area contributed by atoms with E-state index in [4.69, 9.17) is 4.42 Å². The molecule has 0 aliphatic heterocycles. The number of aromatic nitrogens is 2. The van der Waals surface area contributed by atoms with E-state index in [1.165, 1.54) is 97.7 Å². The van der Waals surface area contributed by atoms with Crippen LogP contribution in [-0.4, -0.2) is 8.97 Å². The van der Waals surface area contributed by atoms with E-state index in [0.717, 1.165) is 38.5 Å². The average molecular weight is 763 g/mol. The van der Waals surface area contributed by atoms with Gasteiger partial charge in [-0.25, -0.2) is 0 Å². The summed E-state index contributed by atoms with van der Waals surface area (Å²) >= 11 is 0. The Morgan fingerprint density at radius 1 is 0.383 bits per heavy atom. The number of hydrogen-bond acceptors (Lipinski definition) is 1. The Hall–Kier alpha value is -7.88. The lowest BCUT2D eigenvalue weighted by atomic mass is 9.91. The Morgan fingerprint density at radius 2 is 0.933 bits per heavy atom. The van der Waals surface area contributed by atoms with Crippen LogP contribution in [0.3, 0.4) is 0 Å². The van der Waals surface area contributed by atoms with Gasteiger partial charge in [-0.3, -0.25) is 0 Å². The summed E-state index contributed by atoms with van der Waals surface area (Å²) in [6.45, 7) is 2.15. The van der Waals surface area contributed by atoms with Gasteiger partial charge in [0.1, 0.15) is 11.2 Å². The minimum absolute atomic E-state index is 0.917. The summed E-state index contributed by atoms with van der Waals surface area (Å²) in [5.41, 5.74) is 10.3. The molecule has 0 radical (unpaired) electrons. The number of furan rings is 1. The van der Waals surface area contributed by atoms with E-state index in [1.54, 1.807) is 0 Å². The molecule has 0 spiro atoms. The van der Waals surface area contributed by atoms with Crippen LogP contribution in [-0.2, 0) is 0 Å². The number of rotatable bonds is 2. The van der Waals surface area contributed by atoms with Crippen LogP contribution in [0.1, 0.15) is 6.92 Å². The summed E-state index contributed by atoms with van der Waals surface area (Å²) < 4.78 is 11.5. The summed E-state index contributed by atoms with van der Waals surface area (Å²) in [6, 6.07) is 67.2. The van der Waals surface area contributed by atoms with Gasteiger partial charge in [0.05, 0.1) is 27.5 Å². The van der Waals surface area contributed by atoms with Crippen LogP contribution in [0.2, 0.25) is 0 Å². The van der Waals surface area contributed by atoms with Crippen LogP contribution in [0.4, 0.5) is 0 Å². The van der Waals surface area contributed by atoms with Gasteiger partial charge in [-0.1, -0.05) is 133 Å². The first-order chi connectivity index (χ1) is 29.7. The van der Waals surface area contributed by atoms with Crippen LogP contribution >= 0.6 is 0 Å². The Morgan fingerprint density at radius 3 is 1.72 bits per heavy atom. The van der Waals surface area contributed by atoms with Gasteiger partial charge >= 0.3 is 0 Å². The maximum Gasteiger partial charge on any atom is 0.145 e. The van der Waals surface area contributed by atoms with Crippen molar-refractivity contribution in [1.29, 1.82) is 0 Å². The van der Waals surface area contributed by atoms with E-state index in [-0.39, 0.29) is 0 Å². The van der Waals surface area contributed by atoms with Crippen LogP contribution < -0.4 is 5.35 Å². The fourth-order valence-electron chi connectivity index (χ4n) is 10.8. The van der Waals surface area contributed by atoms with E-state index in [1.807, 2.05) is 6.07 Å². The van der Waals surface area contributed by atoms with Gasteiger partial charge in [-0.15, -0.1) is 0 Å². The molecule has 3 nitrogen and oxygen atoms in total. The monoisotopic (exact) mass is 762 g/mol. The first-order valence-electron chi connectivity index (χ1n) is 20.8. The van der Waals surface area contributed by atoms with Crippen molar-refractivity contribution in [3.05, 3.63) is 187 Å². The van der Waals surface area contributed by atoms with Gasteiger partial charge in [0, 0.05) is 48.7 Å². The topological polar surface area (TPSA) is 22.5 Å². The first-order valence-corrected chi connectivity index (χ1v) is 20.8. The Labute approximate surface area is 343 Å². The van der Waals surface area contributed by atoms with Crippen LogP contribution in [0.15, 0.2) is 186 Å². The molecule has 0 N–H and O–H groups in total. The Balaban J connectivity index is 0.980. The highest BCUT2D eigenvalue weighted by Gasteiger charge is 2.20. The van der Waals surface area contributed by atoms with Crippen LogP contribution in [0.25, 0.3) is 137 Å². The van der Waals surface area contributed by atoms with E-state index >= 15 is 0 Å². The van der Waals surface area contributed by atoms with Gasteiger partial charge in [0.25, 0.3) is 0 Å². The molecule has 0 atom stereocenters. The second-order valence-corrected chi connectivity index (χ2v) is 16.3. The number of nitrogens with zero attached hydrogens (tertiary/aromatic N) is 2. The van der Waals surface area contributed by atoms with Crippen molar-refractivity contribution >= 4 is 120 Å². The van der Waals surface area contributed by atoms with E-state index in [9.17, 15) is 0 Å². The molecule has 14 aromatic rings. The van der Waals surface area contributed by atoms with Crippen LogP contribution in [0, 0.1) is 0 Å². The molecular weight excluding hydrogens is 729 g/mol. The van der Waals surface area contributed by atoms with Crippen molar-refractivity contribution in [2.24, 2.45) is 0 Å². The fourth-order valence-corrected chi connectivity index (χ4v) is 10.8. The van der Waals surface area contributed by atoms with Crippen molar-refractivity contribution in [2.45, 2.75) is 6.92 Å². The molecule has 60 heavy (non-hydrogen) atoms. The second kappa shape index (κ2) is 11.6. The van der Waals surface area contributed by atoms with Gasteiger partial charge in [0.2, 0.25) is 0 Å². The first kappa shape index (κ1) is 32.1. The van der Waals surface area contributed by atoms with Gasteiger partial charge in [-0.2, -0.15) is 0 Å². The fraction of sp³-hybridized carbons (Fsp3) is 0.0175. The zero-order valence-electron chi connectivity index (χ0n) is 32.7. The largest absolute Gasteiger partial charge is 0.455 e. The molecule has 3 heteroatoms. The molecule has 14 rings (SSSR count). The summed E-state index contributed by atoms with van der Waals surface area (Å²) in [6.07, 6.45) is 2.26. The SMILES string of the molecule is C/C=c1\c2ccccc2c2cccc3c4cc(-c5ccc6c7ccc(-n8c9ccccc9c9c%10oc%11ccccc%11c%10ccc98)cc7c7ccccc7c6c5)ccc4n1c23.